The van der Waals surface area contributed by atoms with Crippen LogP contribution in [0.25, 0.3) is 11.0 Å². The van der Waals surface area contributed by atoms with Gasteiger partial charge in [0, 0.05) is 17.7 Å². The van der Waals surface area contributed by atoms with Gasteiger partial charge < -0.3 is 14.1 Å². The first-order valence-corrected chi connectivity index (χ1v) is 11.5. The maximum absolute atomic E-state index is 13.2. The molecule has 0 saturated carbocycles. The summed E-state index contributed by atoms with van der Waals surface area (Å²) in [5.41, 5.74) is 2.05. The topological polar surface area (TPSA) is 59.8 Å². The molecule has 0 spiro atoms. The zero-order valence-electron chi connectivity index (χ0n) is 17.3. The van der Waals surface area contributed by atoms with Crippen molar-refractivity contribution in [2.75, 3.05) is 12.3 Å². The van der Waals surface area contributed by atoms with Gasteiger partial charge in [-0.15, -0.1) is 11.8 Å². The predicted octanol–water partition coefficient (Wildman–Crippen LogP) is 5.26. The Morgan fingerprint density at radius 2 is 1.75 bits per heavy atom. The Bertz CT molecular complexity index is 1300. The number of nitrogens with zero attached hydrogens (tertiary/aromatic N) is 1. The van der Waals surface area contributed by atoms with Crippen molar-refractivity contribution in [2.45, 2.75) is 12.0 Å². The van der Waals surface area contributed by atoms with Crippen molar-refractivity contribution in [1.82, 2.24) is 4.90 Å². The first-order chi connectivity index (χ1) is 15.7. The summed E-state index contributed by atoms with van der Waals surface area (Å²) in [4.78, 5) is 27.5. The number of hydrogen-bond donors (Lipinski definition) is 0. The monoisotopic (exact) mass is 443 g/mol. The zero-order chi connectivity index (χ0) is 21.9. The predicted molar refractivity (Wildman–Crippen MR) is 126 cm³/mol. The second-order valence-corrected chi connectivity index (χ2v) is 8.74. The molecule has 1 aliphatic rings. The maximum Gasteiger partial charge on any atom is 0.349 e. The molecule has 1 unspecified atom stereocenters. The van der Waals surface area contributed by atoms with E-state index in [1.807, 2.05) is 66.7 Å². The highest BCUT2D eigenvalue weighted by molar-refractivity contribution is 7.99. The molecule has 0 aliphatic carbocycles. The summed E-state index contributed by atoms with van der Waals surface area (Å²) in [7, 11) is 0. The Hall–Kier alpha value is -3.51. The Balaban J connectivity index is 1.34. The minimum absolute atomic E-state index is 0.0685. The molecule has 2 heterocycles. The fraction of sp³-hybridized carbons (Fsp3) is 0.154. The SMILES string of the molecule is O=C(c1cc2ccccc2oc1=O)N1CCSC1c1ccc(OCc2ccccc2)cc1. The number of amides is 1. The Labute approximate surface area is 189 Å². The molecular weight excluding hydrogens is 422 g/mol. The molecule has 1 aliphatic heterocycles. The molecule has 1 saturated heterocycles. The molecule has 0 bridgehead atoms. The van der Waals surface area contributed by atoms with Crippen LogP contribution in [0.4, 0.5) is 0 Å². The van der Waals surface area contributed by atoms with E-state index in [1.54, 1.807) is 34.9 Å². The van der Waals surface area contributed by atoms with Crippen molar-refractivity contribution in [2.24, 2.45) is 0 Å². The summed E-state index contributed by atoms with van der Waals surface area (Å²) in [6, 6.07) is 26.6. The highest BCUT2D eigenvalue weighted by Gasteiger charge is 2.33. The number of fused-ring (bicyclic) bond motifs is 1. The maximum atomic E-state index is 13.2. The van der Waals surface area contributed by atoms with E-state index >= 15 is 0 Å². The van der Waals surface area contributed by atoms with Crippen molar-refractivity contribution in [1.29, 1.82) is 0 Å². The third-order valence-electron chi connectivity index (χ3n) is 5.44. The average Bonchev–Trinajstić information content (AvgIpc) is 3.33. The molecule has 1 fully saturated rings. The van der Waals surface area contributed by atoms with Gasteiger partial charge in [0.05, 0.1) is 0 Å². The molecule has 160 valence electrons. The molecule has 0 N–H and O–H groups in total. The normalized spacial score (nSPS) is 15.8. The summed E-state index contributed by atoms with van der Waals surface area (Å²) < 4.78 is 11.2. The van der Waals surface area contributed by atoms with Gasteiger partial charge >= 0.3 is 5.63 Å². The number of hydrogen-bond acceptors (Lipinski definition) is 5. The van der Waals surface area contributed by atoms with Crippen LogP contribution < -0.4 is 10.4 Å². The van der Waals surface area contributed by atoms with Crippen LogP contribution in [-0.4, -0.2) is 23.1 Å². The Morgan fingerprint density at radius 3 is 2.56 bits per heavy atom. The van der Waals surface area contributed by atoms with E-state index in [9.17, 15) is 9.59 Å². The zero-order valence-corrected chi connectivity index (χ0v) is 18.1. The standard InChI is InChI=1S/C26H21NO4S/c28-24(22-16-20-8-4-5-9-23(20)31-26(22)29)27-14-15-32-25(27)19-10-12-21(13-11-19)30-17-18-6-2-1-3-7-18/h1-13,16,25H,14-15,17H2. The Morgan fingerprint density at radius 1 is 1.00 bits per heavy atom. The summed E-state index contributed by atoms with van der Waals surface area (Å²) in [5, 5.41) is 0.579. The quantitative estimate of drug-likeness (QED) is 0.394. The van der Waals surface area contributed by atoms with E-state index in [4.69, 9.17) is 9.15 Å². The molecule has 1 amide bonds. The highest BCUT2D eigenvalue weighted by atomic mass is 32.2. The second-order valence-electron chi connectivity index (χ2n) is 7.55. The van der Waals surface area contributed by atoms with E-state index in [0.717, 1.165) is 28.0 Å². The molecule has 1 aromatic heterocycles. The summed E-state index contributed by atoms with van der Waals surface area (Å²) in [6.07, 6.45) is 0. The van der Waals surface area contributed by atoms with Gasteiger partial charge in [-0.05, 0) is 35.4 Å². The largest absolute Gasteiger partial charge is 0.489 e. The number of rotatable bonds is 5. The second kappa shape index (κ2) is 8.93. The fourth-order valence-electron chi connectivity index (χ4n) is 3.79. The van der Waals surface area contributed by atoms with Gasteiger partial charge in [0.15, 0.2) is 0 Å². The summed E-state index contributed by atoms with van der Waals surface area (Å²) in [6.45, 7) is 1.08. The van der Waals surface area contributed by atoms with Gasteiger partial charge in [-0.3, -0.25) is 4.79 Å². The van der Waals surface area contributed by atoms with E-state index in [1.165, 1.54) is 0 Å². The number of thioether (sulfide) groups is 1. The van der Waals surface area contributed by atoms with Crippen LogP contribution in [0.15, 0.2) is 94.1 Å². The van der Waals surface area contributed by atoms with E-state index in [-0.39, 0.29) is 16.8 Å². The molecule has 5 nitrogen and oxygen atoms in total. The molecule has 1 atom stereocenters. The lowest BCUT2D eigenvalue weighted by molar-refractivity contribution is 0.0756. The highest BCUT2D eigenvalue weighted by Crippen LogP contribution is 2.39. The summed E-state index contributed by atoms with van der Waals surface area (Å²) >= 11 is 1.68. The van der Waals surface area contributed by atoms with Gasteiger partial charge in [0.1, 0.15) is 28.9 Å². The molecular formula is C26H21NO4S. The van der Waals surface area contributed by atoms with E-state index < -0.39 is 5.63 Å². The number of carbonyl (C=O) groups excluding carboxylic acids is 1. The van der Waals surface area contributed by atoms with Crippen LogP contribution in [0.2, 0.25) is 0 Å². The van der Waals surface area contributed by atoms with Crippen LogP contribution in [0.3, 0.4) is 0 Å². The van der Waals surface area contributed by atoms with Crippen molar-refractivity contribution in [3.05, 3.63) is 112 Å². The molecule has 32 heavy (non-hydrogen) atoms. The lowest BCUT2D eigenvalue weighted by Crippen LogP contribution is -2.33. The first-order valence-electron chi connectivity index (χ1n) is 10.4. The van der Waals surface area contributed by atoms with Crippen molar-refractivity contribution < 1.29 is 13.9 Å². The van der Waals surface area contributed by atoms with Crippen LogP contribution in [0, 0.1) is 0 Å². The first kappa shape index (κ1) is 20.4. The van der Waals surface area contributed by atoms with Crippen molar-refractivity contribution in [3.8, 4) is 5.75 Å². The van der Waals surface area contributed by atoms with Gasteiger partial charge in [0.2, 0.25) is 0 Å². The minimum atomic E-state index is -0.603. The lowest BCUT2D eigenvalue weighted by Gasteiger charge is -2.24. The number of carbonyl (C=O) groups is 1. The van der Waals surface area contributed by atoms with E-state index in [2.05, 4.69) is 0 Å². The van der Waals surface area contributed by atoms with Gasteiger partial charge in [-0.1, -0.05) is 60.7 Å². The number of para-hydroxylation sites is 1. The molecule has 5 rings (SSSR count). The van der Waals surface area contributed by atoms with Crippen LogP contribution in [-0.2, 0) is 6.61 Å². The van der Waals surface area contributed by atoms with Crippen LogP contribution in [0.1, 0.15) is 26.9 Å². The van der Waals surface area contributed by atoms with Crippen molar-refractivity contribution >= 4 is 28.6 Å². The lowest BCUT2D eigenvalue weighted by atomic mass is 10.1. The minimum Gasteiger partial charge on any atom is -0.489 e. The third kappa shape index (κ3) is 4.14. The molecule has 4 aromatic rings. The van der Waals surface area contributed by atoms with Crippen LogP contribution >= 0.6 is 11.8 Å². The van der Waals surface area contributed by atoms with Gasteiger partial charge in [0.25, 0.3) is 5.91 Å². The fourth-order valence-corrected chi connectivity index (χ4v) is 5.05. The number of benzene rings is 3. The Kier molecular flexibility index (Phi) is 5.69. The molecule has 0 radical (unpaired) electrons. The van der Waals surface area contributed by atoms with E-state index in [0.29, 0.717) is 18.7 Å². The van der Waals surface area contributed by atoms with Gasteiger partial charge in [-0.2, -0.15) is 0 Å². The average molecular weight is 444 g/mol. The third-order valence-corrected chi connectivity index (χ3v) is 6.70. The number of ether oxygens (including phenoxy) is 1. The smallest absolute Gasteiger partial charge is 0.349 e. The van der Waals surface area contributed by atoms with Crippen LogP contribution in [0.5, 0.6) is 5.75 Å². The molecule has 3 aromatic carbocycles. The van der Waals surface area contributed by atoms with Gasteiger partial charge in [-0.25, -0.2) is 4.79 Å². The summed E-state index contributed by atoms with van der Waals surface area (Å²) in [5.74, 6) is 1.28. The molecule has 6 heteroatoms. The van der Waals surface area contributed by atoms with Crippen molar-refractivity contribution in [3.63, 3.8) is 0 Å².